The SMILES string of the molecule is COc1ccc([C@H]2C[C@@H](c3ccc(Cl)cc3)n3nc(N4C(=O)[C@H]5CC=CC[C@H]5C4=O)nc3N2)cc1. The molecule has 0 saturated carbocycles. The topological polar surface area (TPSA) is 89.4 Å². The van der Waals surface area contributed by atoms with Gasteiger partial charge in [-0.1, -0.05) is 48.0 Å². The van der Waals surface area contributed by atoms with Crippen molar-refractivity contribution in [2.24, 2.45) is 11.8 Å². The smallest absolute Gasteiger partial charge is 0.260 e. The van der Waals surface area contributed by atoms with Crippen LogP contribution >= 0.6 is 11.6 Å². The molecule has 3 aliphatic rings. The molecule has 6 rings (SSSR count). The van der Waals surface area contributed by atoms with Gasteiger partial charge < -0.3 is 10.1 Å². The van der Waals surface area contributed by atoms with Crippen molar-refractivity contribution in [3.8, 4) is 5.75 Å². The normalized spacial score (nSPS) is 25.3. The Balaban J connectivity index is 1.39. The Morgan fingerprint density at radius 1 is 0.943 bits per heavy atom. The number of methoxy groups -OCH3 is 1. The average Bonchev–Trinajstić information content (AvgIpc) is 3.42. The molecule has 0 bridgehead atoms. The van der Waals surface area contributed by atoms with Gasteiger partial charge in [0, 0.05) is 5.02 Å². The van der Waals surface area contributed by atoms with E-state index in [2.05, 4.69) is 15.4 Å². The highest BCUT2D eigenvalue weighted by Crippen LogP contribution is 2.41. The third kappa shape index (κ3) is 3.69. The fourth-order valence-electron chi connectivity index (χ4n) is 5.28. The minimum Gasteiger partial charge on any atom is -0.497 e. The standard InChI is InChI=1S/C26H24ClN5O3/c1-35-18-12-8-15(9-13-18)21-14-22(16-6-10-17(27)11-7-16)32-25(28-21)29-26(30-32)31-23(33)19-4-2-3-5-20(19)24(31)34/h2-3,6-13,19-22H,4-5,14H2,1H3,(H,28,29,30)/t19-,20+,21-,22+/m1/s1. The van der Waals surface area contributed by atoms with Crippen LogP contribution in [0.4, 0.5) is 11.9 Å². The van der Waals surface area contributed by atoms with Gasteiger partial charge in [0.05, 0.1) is 31.0 Å². The van der Waals surface area contributed by atoms with Gasteiger partial charge in [-0.15, -0.1) is 5.10 Å². The average molecular weight is 490 g/mol. The Labute approximate surface area is 207 Å². The summed E-state index contributed by atoms with van der Waals surface area (Å²) in [4.78, 5) is 32.1. The lowest BCUT2D eigenvalue weighted by Gasteiger charge is -2.31. The molecular formula is C26H24ClN5O3. The predicted molar refractivity (Wildman–Crippen MR) is 131 cm³/mol. The Morgan fingerprint density at radius 2 is 1.57 bits per heavy atom. The summed E-state index contributed by atoms with van der Waals surface area (Å²) in [5.41, 5.74) is 2.09. The minimum absolute atomic E-state index is 0.0529. The molecule has 3 aromatic rings. The Morgan fingerprint density at radius 3 is 2.20 bits per heavy atom. The van der Waals surface area contributed by atoms with Crippen molar-refractivity contribution >= 4 is 35.3 Å². The van der Waals surface area contributed by atoms with Gasteiger partial charge in [0.2, 0.25) is 17.8 Å². The number of imide groups is 1. The number of carbonyl (C=O) groups is 2. The van der Waals surface area contributed by atoms with Crippen molar-refractivity contribution in [3.63, 3.8) is 0 Å². The second-order valence-electron chi connectivity index (χ2n) is 9.12. The quantitative estimate of drug-likeness (QED) is 0.427. The number of halogens is 1. The minimum atomic E-state index is -0.333. The molecule has 178 valence electrons. The molecule has 1 saturated heterocycles. The highest BCUT2D eigenvalue weighted by molar-refractivity contribution is 6.30. The number of nitrogens with zero attached hydrogens (tertiary/aromatic N) is 4. The molecule has 2 aromatic carbocycles. The van der Waals surface area contributed by atoms with Gasteiger partial charge in [0.25, 0.3) is 5.95 Å². The summed E-state index contributed by atoms with van der Waals surface area (Å²) in [5, 5.41) is 8.79. The fraction of sp³-hybridized carbons (Fsp3) is 0.308. The van der Waals surface area contributed by atoms with Crippen molar-refractivity contribution in [1.82, 2.24) is 14.8 Å². The van der Waals surface area contributed by atoms with E-state index in [0.29, 0.717) is 30.2 Å². The van der Waals surface area contributed by atoms with E-state index >= 15 is 0 Å². The second-order valence-corrected chi connectivity index (χ2v) is 9.56. The van der Waals surface area contributed by atoms with Crippen molar-refractivity contribution in [2.45, 2.75) is 31.3 Å². The van der Waals surface area contributed by atoms with E-state index in [0.717, 1.165) is 16.9 Å². The van der Waals surface area contributed by atoms with Crippen LogP contribution in [0.25, 0.3) is 0 Å². The third-order valence-corrected chi connectivity index (χ3v) is 7.41. The van der Waals surface area contributed by atoms with E-state index in [-0.39, 0.29) is 41.7 Å². The highest BCUT2D eigenvalue weighted by atomic mass is 35.5. The van der Waals surface area contributed by atoms with E-state index < -0.39 is 0 Å². The van der Waals surface area contributed by atoms with Crippen molar-refractivity contribution < 1.29 is 14.3 Å². The summed E-state index contributed by atoms with van der Waals surface area (Å²) in [5.74, 6) is 0.322. The maximum absolute atomic E-state index is 13.1. The number of nitrogens with one attached hydrogen (secondary N) is 1. The van der Waals surface area contributed by atoms with Crippen LogP contribution in [0.2, 0.25) is 5.02 Å². The highest BCUT2D eigenvalue weighted by Gasteiger charge is 2.50. The van der Waals surface area contributed by atoms with Gasteiger partial charge in [-0.25, -0.2) is 9.58 Å². The first-order valence-corrected chi connectivity index (χ1v) is 12.1. The van der Waals surface area contributed by atoms with Gasteiger partial charge in [-0.3, -0.25) is 9.59 Å². The number of hydrogen-bond acceptors (Lipinski definition) is 6. The summed E-state index contributed by atoms with van der Waals surface area (Å²) < 4.78 is 7.08. The van der Waals surface area contributed by atoms with E-state index in [9.17, 15) is 9.59 Å². The number of hydrogen-bond donors (Lipinski definition) is 1. The van der Waals surface area contributed by atoms with Crippen molar-refractivity contribution in [1.29, 1.82) is 0 Å². The number of anilines is 2. The zero-order valence-corrected chi connectivity index (χ0v) is 19.9. The third-order valence-electron chi connectivity index (χ3n) is 7.16. The number of ether oxygens (including phenoxy) is 1. The molecule has 1 fully saturated rings. The first-order valence-electron chi connectivity index (χ1n) is 11.7. The number of carbonyl (C=O) groups excluding carboxylic acids is 2. The number of rotatable bonds is 4. The maximum atomic E-state index is 13.1. The predicted octanol–water partition coefficient (Wildman–Crippen LogP) is 4.54. The molecule has 1 N–H and O–H groups in total. The summed E-state index contributed by atoms with van der Waals surface area (Å²) >= 11 is 6.14. The van der Waals surface area contributed by atoms with E-state index in [4.69, 9.17) is 16.3 Å². The van der Waals surface area contributed by atoms with Crippen LogP contribution in [0.1, 0.15) is 42.5 Å². The van der Waals surface area contributed by atoms with Gasteiger partial charge >= 0.3 is 0 Å². The van der Waals surface area contributed by atoms with Crippen LogP contribution in [0.15, 0.2) is 60.7 Å². The molecule has 35 heavy (non-hydrogen) atoms. The molecular weight excluding hydrogens is 466 g/mol. The molecule has 3 heterocycles. The van der Waals surface area contributed by atoms with Gasteiger partial charge in [0.1, 0.15) is 5.75 Å². The summed E-state index contributed by atoms with van der Waals surface area (Å²) in [6, 6.07) is 15.3. The lowest BCUT2D eigenvalue weighted by molar-refractivity contribution is -0.122. The van der Waals surface area contributed by atoms with Crippen LogP contribution in [0.3, 0.4) is 0 Å². The second kappa shape index (κ2) is 8.53. The lowest BCUT2D eigenvalue weighted by Crippen LogP contribution is -2.32. The Hall–Kier alpha value is -3.65. The Kier molecular flexibility index (Phi) is 5.33. The fourth-order valence-corrected chi connectivity index (χ4v) is 5.40. The van der Waals surface area contributed by atoms with Crippen LogP contribution in [-0.4, -0.2) is 33.7 Å². The molecule has 0 radical (unpaired) electrons. The number of fused-ring (bicyclic) bond motifs is 2. The molecule has 1 aliphatic carbocycles. The number of allylic oxidation sites excluding steroid dienone is 2. The largest absolute Gasteiger partial charge is 0.497 e. The number of benzene rings is 2. The van der Waals surface area contributed by atoms with E-state index in [1.54, 1.807) is 11.8 Å². The Bertz CT molecular complexity index is 1290. The molecule has 4 atom stereocenters. The molecule has 9 heteroatoms. The first kappa shape index (κ1) is 21.9. The molecule has 0 unspecified atom stereocenters. The molecule has 2 amide bonds. The summed E-state index contributed by atoms with van der Waals surface area (Å²) in [7, 11) is 1.64. The molecule has 1 aromatic heterocycles. The van der Waals surface area contributed by atoms with Crippen LogP contribution in [0, 0.1) is 11.8 Å². The van der Waals surface area contributed by atoms with Crippen LogP contribution < -0.4 is 15.0 Å². The van der Waals surface area contributed by atoms with Crippen LogP contribution in [-0.2, 0) is 9.59 Å². The van der Waals surface area contributed by atoms with Crippen LogP contribution in [0.5, 0.6) is 5.75 Å². The summed E-state index contributed by atoms with van der Waals surface area (Å²) in [6.07, 6.45) is 5.79. The van der Waals surface area contributed by atoms with Crippen molar-refractivity contribution in [3.05, 3.63) is 76.8 Å². The summed E-state index contributed by atoms with van der Waals surface area (Å²) in [6.45, 7) is 0. The maximum Gasteiger partial charge on any atom is 0.260 e. The zero-order valence-electron chi connectivity index (χ0n) is 19.1. The monoisotopic (exact) mass is 489 g/mol. The van der Waals surface area contributed by atoms with Crippen molar-refractivity contribution in [2.75, 3.05) is 17.3 Å². The van der Waals surface area contributed by atoms with E-state index in [1.165, 1.54) is 4.90 Å². The molecule has 0 spiro atoms. The van der Waals surface area contributed by atoms with Gasteiger partial charge in [-0.05, 0) is 54.7 Å². The van der Waals surface area contributed by atoms with E-state index in [1.807, 2.05) is 60.7 Å². The first-order chi connectivity index (χ1) is 17.0. The molecule has 2 aliphatic heterocycles. The lowest BCUT2D eigenvalue weighted by atomic mass is 9.85. The van der Waals surface area contributed by atoms with Gasteiger partial charge in [0.15, 0.2) is 0 Å². The molecule has 8 nitrogen and oxygen atoms in total. The number of amides is 2. The van der Waals surface area contributed by atoms with Gasteiger partial charge in [-0.2, -0.15) is 4.98 Å². The number of aromatic nitrogens is 3. The zero-order chi connectivity index (χ0) is 24.1.